The van der Waals surface area contributed by atoms with E-state index in [1.165, 1.54) is 0 Å². The number of benzene rings is 2. The van der Waals surface area contributed by atoms with Gasteiger partial charge in [-0.2, -0.15) is 5.10 Å². The lowest BCUT2D eigenvalue weighted by Crippen LogP contribution is -2.02. The summed E-state index contributed by atoms with van der Waals surface area (Å²) in [5.74, 6) is 0.710. The van der Waals surface area contributed by atoms with Gasteiger partial charge in [-0.05, 0) is 54.1 Å². The molecule has 7 heteroatoms. The van der Waals surface area contributed by atoms with Gasteiger partial charge in [-0.15, -0.1) is 17.5 Å². The molecule has 0 saturated heterocycles. The van der Waals surface area contributed by atoms with Gasteiger partial charge in [0.15, 0.2) is 5.82 Å². The molecular formula is C20H15BrCl2N4. The maximum Gasteiger partial charge on any atom is 0.161 e. The molecule has 0 aliphatic heterocycles. The summed E-state index contributed by atoms with van der Waals surface area (Å²) < 4.78 is 0.993. The molecule has 0 radical (unpaired) electrons. The summed E-state index contributed by atoms with van der Waals surface area (Å²) in [5, 5.41) is 15.0. The minimum atomic E-state index is 0. The molecule has 0 saturated carbocycles. The van der Waals surface area contributed by atoms with Gasteiger partial charge in [-0.25, -0.2) is 0 Å². The van der Waals surface area contributed by atoms with E-state index in [1.807, 2.05) is 42.5 Å². The number of fused-ring (bicyclic) bond motifs is 1. The number of pyridine rings is 1. The summed E-state index contributed by atoms with van der Waals surface area (Å²) in [6, 6.07) is 17.6. The smallest absolute Gasteiger partial charge is 0.161 e. The molecule has 2 aromatic carbocycles. The third-order valence-electron chi connectivity index (χ3n) is 4.05. The van der Waals surface area contributed by atoms with Crippen molar-refractivity contribution in [2.24, 2.45) is 0 Å². The predicted octanol–water partition coefficient (Wildman–Crippen LogP) is 6.20. The summed E-state index contributed by atoms with van der Waals surface area (Å²) in [5.41, 5.74) is 2.99. The topological polar surface area (TPSA) is 50.7 Å². The normalized spacial score (nSPS) is 10.4. The highest BCUT2D eigenvalue weighted by atomic mass is 79.9. The van der Waals surface area contributed by atoms with E-state index < -0.39 is 0 Å². The van der Waals surface area contributed by atoms with E-state index in [4.69, 9.17) is 11.6 Å². The van der Waals surface area contributed by atoms with E-state index in [9.17, 15) is 0 Å². The SMILES string of the molecule is Cl.Clc1ccc(Nc2nnc(Cc3ccncc3)c3ccc(Br)cc23)cc1. The van der Waals surface area contributed by atoms with Crippen molar-refractivity contribution < 1.29 is 0 Å². The van der Waals surface area contributed by atoms with Crippen LogP contribution in [0.3, 0.4) is 0 Å². The number of anilines is 2. The molecule has 4 aromatic rings. The van der Waals surface area contributed by atoms with Crippen LogP contribution < -0.4 is 5.32 Å². The lowest BCUT2D eigenvalue weighted by molar-refractivity contribution is 0.960. The maximum absolute atomic E-state index is 5.96. The minimum Gasteiger partial charge on any atom is -0.338 e. The molecule has 1 N–H and O–H groups in total. The summed E-state index contributed by atoms with van der Waals surface area (Å²) >= 11 is 9.51. The lowest BCUT2D eigenvalue weighted by atomic mass is 10.0. The second kappa shape index (κ2) is 8.65. The van der Waals surface area contributed by atoms with Gasteiger partial charge in [0.2, 0.25) is 0 Å². The van der Waals surface area contributed by atoms with Crippen LogP contribution in [0.2, 0.25) is 5.02 Å². The zero-order valence-corrected chi connectivity index (χ0v) is 17.2. The van der Waals surface area contributed by atoms with Crippen LogP contribution in [0.1, 0.15) is 11.3 Å². The van der Waals surface area contributed by atoms with Crippen LogP contribution in [0.5, 0.6) is 0 Å². The van der Waals surface area contributed by atoms with E-state index in [0.717, 1.165) is 32.2 Å². The fourth-order valence-corrected chi connectivity index (χ4v) is 3.26. The van der Waals surface area contributed by atoms with Gasteiger partial charge < -0.3 is 5.32 Å². The Bertz CT molecular complexity index is 1060. The molecule has 0 unspecified atom stereocenters. The lowest BCUT2D eigenvalue weighted by Gasteiger charge is -2.12. The fourth-order valence-electron chi connectivity index (χ4n) is 2.77. The molecule has 0 aliphatic rings. The first-order valence-electron chi connectivity index (χ1n) is 8.05. The molecule has 2 heterocycles. The molecule has 2 aromatic heterocycles. The van der Waals surface area contributed by atoms with E-state index in [0.29, 0.717) is 17.3 Å². The van der Waals surface area contributed by atoms with Gasteiger partial charge in [0.1, 0.15) is 0 Å². The van der Waals surface area contributed by atoms with Crippen LogP contribution in [0.4, 0.5) is 11.5 Å². The number of hydrogen-bond donors (Lipinski definition) is 1. The highest BCUT2D eigenvalue weighted by molar-refractivity contribution is 9.10. The van der Waals surface area contributed by atoms with Crippen molar-refractivity contribution in [2.75, 3.05) is 5.32 Å². The quantitative estimate of drug-likeness (QED) is 0.393. The largest absolute Gasteiger partial charge is 0.338 e. The first kappa shape index (κ1) is 19.5. The first-order valence-corrected chi connectivity index (χ1v) is 9.22. The molecule has 0 fully saturated rings. The Kier molecular flexibility index (Phi) is 6.26. The predicted molar refractivity (Wildman–Crippen MR) is 116 cm³/mol. The Morgan fingerprint density at radius 2 is 1.63 bits per heavy atom. The van der Waals surface area contributed by atoms with E-state index >= 15 is 0 Å². The highest BCUT2D eigenvalue weighted by Gasteiger charge is 2.11. The minimum absolute atomic E-state index is 0. The first-order chi connectivity index (χ1) is 12.7. The van der Waals surface area contributed by atoms with Crippen LogP contribution in [0.25, 0.3) is 10.8 Å². The van der Waals surface area contributed by atoms with Crippen LogP contribution in [-0.4, -0.2) is 15.2 Å². The second-order valence-electron chi connectivity index (χ2n) is 5.85. The molecule has 0 bridgehead atoms. The Morgan fingerprint density at radius 3 is 2.37 bits per heavy atom. The molecule has 0 amide bonds. The van der Waals surface area contributed by atoms with Gasteiger partial charge in [-0.3, -0.25) is 4.98 Å². The summed E-state index contributed by atoms with van der Waals surface area (Å²) in [6.45, 7) is 0. The number of nitrogens with zero attached hydrogens (tertiary/aromatic N) is 3. The average molecular weight is 462 g/mol. The van der Waals surface area contributed by atoms with Crippen molar-refractivity contribution in [1.82, 2.24) is 15.2 Å². The van der Waals surface area contributed by atoms with Gasteiger partial charge in [-0.1, -0.05) is 33.6 Å². The van der Waals surface area contributed by atoms with Crippen LogP contribution in [-0.2, 0) is 6.42 Å². The van der Waals surface area contributed by atoms with E-state index in [1.54, 1.807) is 12.4 Å². The van der Waals surface area contributed by atoms with Gasteiger partial charge >= 0.3 is 0 Å². The van der Waals surface area contributed by atoms with E-state index in [2.05, 4.69) is 48.6 Å². The number of halogens is 3. The van der Waals surface area contributed by atoms with Crippen LogP contribution in [0, 0.1) is 0 Å². The molecule has 0 spiro atoms. The van der Waals surface area contributed by atoms with Crippen molar-refractivity contribution in [3.8, 4) is 0 Å². The molecule has 27 heavy (non-hydrogen) atoms. The summed E-state index contributed by atoms with van der Waals surface area (Å²) in [6.07, 6.45) is 4.28. The number of nitrogens with one attached hydrogen (secondary N) is 1. The van der Waals surface area contributed by atoms with Gasteiger partial charge in [0.25, 0.3) is 0 Å². The number of aromatic nitrogens is 3. The molecule has 0 aliphatic carbocycles. The number of rotatable bonds is 4. The van der Waals surface area contributed by atoms with E-state index in [-0.39, 0.29) is 12.4 Å². The average Bonchev–Trinajstić information content (AvgIpc) is 2.66. The van der Waals surface area contributed by atoms with Gasteiger partial charge in [0, 0.05) is 44.8 Å². The van der Waals surface area contributed by atoms with Crippen molar-refractivity contribution in [3.05, 3.63) is 87.7 Å². The Hall–Kier alpha value is -2.21. The second-order valence-corrected chi connectivity index (χ2v) is 7.20. The molecule has 0 atom stereocenters. The maximum atomic E-state index is 5.96. The van der Waals surface area contributed by atoms with Crippen molar-refractivity contribution in [1.29, 1.82) is 0 Å². The van der Waals surface area contributed by atoms with Crippen LogP contribution in [0.15, 0.2) is 71.5 Å². The number of hydrogen-bond acceptors (Lipinski definition) is 4. The van der Waals surface area contributed by atoms with Crippen molar-refractivity contribution in [2.45, 2.75) is 6.42 Å². The Morgan fingerprint density at radius 1 is 0.889 bits per heavy atom. The summed E-state index contributed by atoms with van der Waals surface area (Å²) in [7, 11) is 0. The third-order valence-corrected chi connectivity index (χ3v) is 4.79. The monoisotopic (exact) mass is 460 g/mol. The fraction of sp³-hybridized carbons (Fsp3) is 0.0500. The molecular weight excluding hydrogens is 447 g/mol. The summed E-state index contributed by atoms with van der Waals surface area (Å²) in [4.78, 5) is 4.07. The zero-order chi connectivity index (χ0) is 17.9. The van der Waals surface area contributed by atoms with Crippen LogP contribution >= 0.6 is 39.9 Å². The van der Waals surface area contributed by atoms with Crippen molar-refractivity contribution in [3.63, 3.8) is 0 Å². The molecule has 4 rings (SSSR count). The van der Waals surface area contributed by atoms with Gasteiger partial charge in [0.05, 0.1) is 5.69 Å². The Labute approximate surface area is 176 Å². The zero-order valence-electron chi connectivity index (χ0n) is 14.1. The Balaban J connectivity index is 0.00000210. The van der Waals surface area contributed by atoms with Crippen molar-refractivity contribution >= 4 is 62.2 Å². The molecule has 4 nitrogen and oxygen atoms in total. The molecule has 136 valence electrons. The highest BCUT2D eigenvalue weighted by Crippen LogP contribution is 2.29. The third kappa shape index (κ3) is 4.56. The standard InChI is InChI=1S/C20H14BrClN4.ClH/c21-14-1-6-17-18(12-14)20(24-16-4-2-15(22)3-5-16)26-25-19(17)11-13-7-9-23-10-8-13;/h1-10,12H,11H2,(H,24,26);1H.